The zero-order valence-corrected chi connectivity index (χ0v) is 10.4. The van der Waals surface area contributed by atoms with Crippen LogP contribution in [0, 0.1) is 12.3 Å². The second kappa shape index (κ2) is 6.82. The number of nitrogens with one attached hydrogen (secondary N) is 2. The van der Waals surface area contributed by atoms with E-state index in [9.17, 15) is 4.79 Å². The molecule has 0 saturated carbocycles. The molecule has 0 fully saturated rings. The van der Waals surface area contributed by atoms with Crippen molar-refractivity contribution in [2.75, 3.05) is 6.54 Å². The summed E-state index contributed by atoms with van der Waals surface area (Å²) >= 11 is 5.81. The monoisotopic (exact) mass is 250 g/mol. The maximum atomic E-state index is 11.5. The van der Waals surface area contributed by atoms with Crippen molar-refractivity contribution in [1.82, 2.24) is 10.6 Å². The summed E-state index contributed by atoms with van der Waals surface area (Å²) < 4.78 is 0. The molecule has 3 nitrogen and oxygen atoms in total. The minimum atomic E-state index is -0.259. The molecule has 2 amide bonds. The van der Waals surface area contributed by atoms with Gasteiger partial charge >= 0.3 is 6.03 Å². The molecule has 1 atom stereocenters. The van der Waals surface area contributed by atoms with E-state index in [1.165, 1.54) is 0 Å². The number of halogens is 1. The van der Waals surface area contributed by atoms with Crippen molar-refractivity contribution >= 4 is 17.6 Å². The second-order valence-corrected chi connectivity index (χ2v) is 3.98. The summed E-state index contributed by atoms with van der Waals surface area (Å²) in [5, 5.41) is 6.10. The first kappa shape index (κ1) is 13.4. The van der Waals surface area contributed by atoms with E-state index >= 15 is 0 Å². The lowest BCUT2D eigenvalue weighted by molar-refractivity contribution is 0.238. The average molecular weight is 251 g/mol. The van der Waals surface area contributed by atoms with Gasteiger partial charge in [-0.3, -0.25) is 0 Å². The molecule has 0 heterocycles. The average Bonchev–Trinajstić information content (AvgIpc) is 2.34. The van der Waals surface area contributed by atoms with Crippen molar-refractivity contribution in [2.24, 2.45) is 0 Å². The third-order valence-electron chi connectivity index (χ3n) is 2.34. The van der Waals surface area contributed by atoms with Gasteiger partial charge in [0, 0.05) is 5.02 Å². The fourth-order valence-electron chi connectivity index (χ4n) is 1.46. The Morgan fingerprint density at radius 3 is 2.65 bits per heavy atom. The molecule has 1 aromatic carbocycles. The molecule has 2 N–H and O–H groups in total. The molecule has 4 heteroatoms. The van der Waals surface area contributed by atoms with Gasteiger partial charge in [0.1, 0.15) is 0 Å². The SMILES string of the molecule is C#CCNC(=O)N[C@H](CC)c1ccc(Cl)cc1. The summed E-state index contributed by atoms with van der Waals surface area (Å²) in [4.78, 5) is 11.5. The summed E-state index contributed by atoms with van der Waals surface area (Å²) in [5.74, 6) is 2.35. The molecule has 0 radical (unpaired) electrons. The van der Waals surface area contributed by atoms with Crippen molar-refractivity contribution in [1.29, 1.82) is 0 Å². The first-order valence-corrected chi connectivity index (χ1v) is 5.78. The Kier molecular flexibility index (Phi) is 5.38. The van der Waals surface area contributed by atoms with Gasteiger partial charge in [0.15, 0.2) is 0 Å². The van der Waals surface area contributed by atoms with Gasteiger partial charge in [-0.05, 0) is 24.1 Å². The maximum Gasteiger partial charge on any atom is 0.316 e. The van der Waals surface area contributed by atoms with Crippen molar-refractivity contribution in [3.63, 3.8) is 0 Å². The Hall–Kier alpha value is -1.66. The summed E-state index contributed by atoms with van der Waals surface area (Å²) in [5.41, 5.74) is 1.02. The van der Waals surface area contributed by atoms with E-state index in [4.69, 9.17) is 18.0 Å². The predicted octanol–water partition coefficient (Wildman–Crippen LogP) is 2.72. The Morgan fingerprint density at radius 2 is 2.12 bits per heavy atom. The Bertz CT molecular complexity index is 408. The molecular formula is C13H15ClN2O. The minimum absolute atomic E-state index is 0.0370. The first-order chi connectivity index (χ1) is 8.17. The van der Waals surface area contributed by atoms with E-state index < -0.39 is 0 Å². The van der Waals surface area contributed by atoms with Crippen LogP contribution in [0.1, 0.15) is 24.9 Å². The van der Waals surface area contributed by atoms with Crippen LogP contribution in [0.2, 0.25) is 5.02 Å². The number of terminal acetylenes is 1. The molecule has 0 saturated heterocycles. The number of rotatable bonds is 4. The minimum Gasteiger partial charge on any atom is -0.331 e. The van der Waals surface area contributed by atoms with Crippen LogP contribution in [0.15, 0.2) is 24.3 Å². The maximum absolute atomic E-state index is 11.5. The van der Waals surface area contributed by atoms with E-state index in [2.05, 4.69) is 16.6 Å². The number of urea groups is 1. The second-order valence-electron chi connectivity index (χ2n) is 3.54. The van der Waals surface area contributed by atoms with Crippen LogP contribution in [0.5, 0.6) is 0 Å². The number of hydrogen-bond donors (Lipinski definition) is 2. The highest BCUT2D eigenvalue weighted by molar-refractivity contribution is 6.30. The predicted molar refractivity (Wildman–Crippen MR) is 69.9 cm³/mol. The molecular weight excluding hydrogens is 236 g/mol. The Morgan fingerprint density at radius 1 is 1.47 bits per heavy atom. The third kappa shape index (κ3) is 4.38. The molecule has 17 heavy (non-hydrogen) atoms. The van der Waals surface area contributed by atoms with Crippen LogP contribution in [0.3, 0.4) is 0 Å². The molecule has 0 aliphatic carbocycles. The number of carbonyl (C=O) groups is 1. The smallest absolute Gasteiger partial charge is 0.316 e. The molecule has 0 aliphatic rings. The fraction of sp³-hybridized carbons (Fsp3) is 0.308. The van der Waals surface area contributed by atoms with Gasteiger partial charge in [0.2, 0.25) is 0 Å². The first-order valence-electron chi connectivity index (χ1n) is 5.40. The number of carbonyl (C=O) groups excluding carboxylic acids is 1. The van der Waals surface area contributed by atoms with Crippen molar-refractivity contribution in [3.05, 3.63) is 34.9 Å². The van der Waals surface area contributed by atoms with E-state index in [-0.39, 0.29) is 18.6 Å². The molecule has 0 spiro atoms. The summed E-state index contributed by atoms with van der Waals surface area (Å²) in [6, 6.07) is 7.12. The highest BCUT2D eigenvalue weighted by Gasteiger charge is 2.11. The third-order valence-corrected chi connectivity index (χ3v) is 2.59. The van der Waals surface area contributed by atoms with Gasteiger partial charge in [-0.15, -0.1) is 6.42 Å². The Labute approximate surface area is 107 Å². The van der Waals surface area contributed by atoms with Gasteiger partial charge < -0.3 is 10.6 Å². The highest BCUT2D eigenvalue weighted by atomic mass is 35.5. The lowest BCUT2D eigenvalue weighted by Crippen LogP contribution is -2.37. The van der Waals surface area contributed by atoms with Crippen LogP contribution in [0.4, 0.5) is 4.79 Å². The van der Waals surface area contributed by atoms with E-state index in [1.54, 1.807) is 12.1 Å². The van der Waals surface area contributed by atoms with Gasteiger partial charge in [-0.2, -0.15) is 0 Å². The van der Waals surface area contributed by atoms with Gasteiger partial charge in [-0.25, -0.2) is 4.79 Å². The van der Waals surface area contributed by atoms with Gasteiger partial charge in [0.25, 0.3) is 0 Å². The standard InChI is InChI=1S/C13H15ClN2O/c1-3-9-15-13(17)16-12(4-2)10-5-7-11(14)8-6-10/h1,5-8,12H,4,9H2,2H3,(H2,15,16,17)/t12-/m1/s1. The normalized spacial score (nSPS) is 11.4. The van der Waals surface area contributed by atoms with Crippen molar-refractivity contribution < 1.29 is 4.79 Å². The molecule has 0 unspecified atom stereocenters. The lowest BCUT2D eigenvalue weighted by Gasteiger charge is -2.17. The molecule has 0 aliphatic heterocycles. The van der Waals surface area contributed by atoms with E-state index in [0.717, 1.165) is 12.0 Å². The number of benzene rings is 1. The summed E-state index contributed by atoms with van der Waals surface area (Å²) in [6.07, 6.45) is 5.86. The van der Waals surface area contributed by atoms with Gasteiger partial charge in [0.05, 0.1) is 12.6 Å². The highest BCUT2D eigenvalue weighted by Crippen LogP contribution is 2.18. The molecule has 90 valence electrons. The van der Waals surface area contributed by atoms with Crippen LogP contribution in [-0.4, -0.2) is 12.6 Å². The van der Waals surface area contributed by atoms with Crippen LogP contribution in [0.25, 0.3) is 0 Å². The summed E-state index contributed by atoms with van der Waals surface area (Å²) in [7, 11) is 0. The molecule has 0 bridgehead atoms. The quantitative estimate of drug-likeness (QED) is 0.793. The van der Waals surface area contributed by atoms with E-state index in [0.29, 0.717) is 5.02 Å². The van der Waals surface area contributed by atoms with Gasteiger partial charge in [-0.1, -0.05) is 36.6 Å². The lowest BCUT2D eigenvalue weighted by atomic mass is 10.1. The largest absolute Gasteiger partial charge is 0.331 e. The zero-order chi connectivity index (χ0) is 12.7. The molecule has 0 aromatic heterocycles. The zero-order valence-electron chi connectivity index (χ0n) is 9.66. The topological polar surface area (TPSA) is 41.1 Å². The number of hydrogen-bond acceptors (Lipinski definition) is 1. The van der Waals surface area contributed by atoms with E-state index in [1.807, 2.05) is 19.1 Å². The fourth-order valence-corrected chi connectivity index (χ4v) is 1.58. The molecule has 1 aromatic rings. The van der Waals surface area contributed by atoms with Crippen molar-refractivity contribution in [2.45, 2.75) is 19.4 Å². The van der Waals surface area contributed by atoms with Crippen LogP contribution in [-0.2, 0) is 0 Å². The molecule has 1 rings (SSSR count). The number of amides is 2. The van der Waals surface area contributed by atoms with Crippen LogP contribution < -0.4 is 10.6 Å². The van der Waals surface area contributed by atoms with Crippen LogP contribution >= 0.6 is 11.6 Å². The summed E-state index contributed by atoms with van der Waals surface area (Å²) in [6.45, 7) is 2.23. The van der Waals surface area contributed by atoms with Crippen molar-refractivity contribution in [3.8, 4) is 12.3 Å². The Balaban J connectivity index is 2.63.